The molecule has 1 aromatic carbocycles. The minimum Gasteiger partial charge on any atom is -0.344 e. The van der Waals surface area contributed by atoms with E-state index in [-0.39, 0.29) is 11.8 Å². The van der Waals surface area contributed by atoms with Crippen LogP contribution in [0.1, 0.15) is 25.3 Å². The van der Waals surface area contributed by atoms with Crippen LogP contribution in [-0.4, -0.2) is 24.4 Å². The Morgan fingerprint density at radius 1 is 1.45 bits per heavy atom. The van der Waals surface area contributed by atoms with Crippen LogP contribution in [0.15, 0.2) is 16.6 Å². The van der Waals surface area contributed by atoms with Gasteiger partial charge in [0.1, 0.15) is 6.04 Å². The van der Waals surface area contributed by atoms with Crippen LogP contribution in [0.25, 0.3) is 0 Å². The first-order chi connectivity index (χ1) is 9.43. The standard InChI is InChI=1S/C14H16BrClN2O2/c1-3-11-14(20)18(5-4-13(19)17-11)12-7-10(16)8(2)6-9(12)15/h6-7,11H,3-5H2,1-2H3,(H,17,19). The SMILES string of the molecule is CCC1NC(=O)CCN(c2cc(Cl)c(C)cc2Br)C1=O. The van der Waals surface area contributed by atoms with Gasteiger partial charge in [-0.2, -0.15) is 0 Å². The van der Waals surface area contributed by atoms with Crippen molar-refractivity contribution in [1.82, 2.24) is 5.32 Å². The van der Waals surface area contributed by atoms with Gasteiger partial charge < -0.3 is 10.2 Å². The summed E-state index contributed by atoms with van der Waals surface area (Å²) < 4.78 is 0.803. The van der Waals surface area contributed by atoms with Gasteiger partial charge in [0.25, 0.3) is 0 Å². The Kier molecular flexibility index (Phi) is 4.70. The summed E-state index contributed by atoms with van der Waals surface area (Å²) in [6, 6.07) is 3.17. The lowest BCUT2D eigenvalue weighted by Crippen LogP contribution is -2.44. The first kappa shape index (κ1) is 15.3. The number of anilines is 1. The van der Waals surface area contributed by atoms with Crippen LogP contribution in [0, 0.1) is 6.92 Å². The maximum Gasteiger partial charge on any atom is 0.249 e. The smallest absolute Gasteiger partial charge is 0.249 e. The molecule has 20 heavy (non-hydrogen) atoms. The summed E-state index contributed by atoms with van der Waals surface area (Å²) in [5.41, 5.74) is 1.64. The van der Waals surface area contributed by atoms with Crippen LogP contribution in [-0.2, 0) is 9.59 Å². The topological polar surface area (TPSA) is 49.4 Å². The van der Waals surface area contributed by atoms with Crippen molar-refractivity contribution in [1.29, 1.82) is 0 Å². The Bertz CT molecular complexity index is 562. The minimum absolute atomic E-state index is 0.0953. The van der Waals surface area contributed by atoms with Crippen molar-refractivity contribution in [2.45, 2.75) is 32.7 Å². The fraction of sp³-hybridized carbons (Fsp3) is 0.429. The Morgan fingerprint density at radius 2 is 2.15 bits per heavy atom. The molecule has 2 amide bonds. The number of nitrogens with one attached hydrogen (secondary N) is 1. The van der Waals surface area contributed by atoms with Gasteiger partial charge >= 0.3 is 0 Å². The van der Waals surface area contributed by atoms with Gasteiger partial charge in [-0.1, -0.05) is 18.5 Å². The lowest BCUT2D eigenvalue weighted by atomic mass is 10.1. The molecule has 0 aliphatic carbocycles. The van der Waals surface area contributed by atoms with Crippen molar-refractivity contribution < 1.29 is 9.59 Å². The van der Waals surface area contributed by atoms with E-state index in [1.165, 1.54) is 0 Å². The predicted molar refractivity (Wildman–Crippen MR) is 83.1 cm³/mol. The largest absolute Gasteiger partial charge is 0.344 e. The van der Waals surface area contributed by atoms with Crippen LogP contribution < -0.4 is 10.2 Å². The van der Waals surface area contributed by atoms with E-state index in [2.05, 4.69) is 21.2 Å². The second-order valence-electron chi connectivity index (χ2n) is 4.82. The molecule has 1 aromatic rings. The fourth-order valence-electron chi connectivity index (χ4n) is 2.20. The normalized spacial score (nSPS) is 19.8. The molecule has 0 bridgehead atoms. The lowest BCUT2D eigenvalue weighted by molar-refractivity contribution is -0.125. The molecule has 0 aromatic heterocycles. The Balaban J connectivity index is 2.42. The average Bonchev–Trinajstić information content (AvgIpc) is 2.54. The van der Waals surface area contributed by atoms with Crippen LogP contribution in [0.3, 0.4) is 0 Å². The van der Waals surface area contributed by atoms with E-state index in [9.17, 15) is 9.59 Å². The number of carbonyl (C=O) groups excluding carboxylic acids is 2. The van der Waals surface area contributed by atoms with Gasteiger partial charge in [-0.3, -0.25) is 9.59 Å². The third-order valence-electron chi connectivity index (χ3n) is 3.39. The van der Waals surface area contributed by atoms with Gasteiger partial charge in [0.05, 0.1) is 5.69 Å². The molecule has 1 aliphatic heterocycles. The molecule has 108 valence electrons. The maximum absolute atomic E-state index is 12.5. The highest BCUT2D eigenvalue weighted by molar-refractivity contribution is 9.10. The predicted octanol–water partition coefficient (Wildman–Crippen LogP) is 3.04. The van der Waals surface area contributed by atoms with Gasteiger partial charge in [-0.25, -0.2) is 0 Å². The van der Waals surface area contributed by atoms with Gasteiger partial charge in [-0.05, 0) is 47.0 Å². The number of hydrogen-bond acceptors (Lipinski definition) is 2. The third-order valence-corrected chi connectivity index (χ3v) is 4.43. The lowest BCUT2D eigenvalue weighted by Gasteiger charge is -2.25. The van der Waals surface area contributed by atoms with E-state index in [1.54, 1.807) is 11.0 Å². The van der Waals surface area contributed by atoms with Gasteiger partial charge in [-0.15, -0.1) is 0 Å². The highest BCUT2D eigenvalue weighted by atomic mass is 79.9. The van der Waals surface area contributed by atoms with Crippen LogP contribution in [0.4, 0.5) is 5.69 Å². The first-order valence-electron chi connectivity index (χ1n) is 6.50. The van der Waals surface area contributed by atoms with E-state index in [0.29, 0.717) is 30.1 Å². The number of benzene rings is 1. The molecule has 1 N–H and O–H groups in total. The molecule has 1 unspecified atom stereocenters. The zero-order valence-corrected chi connectivity index (χ0v) is 13.7. The second-order valence-corrected chi connectivity index (χ2v) is 6.08. The molecular formula is C14H16BrClN2O2. The summed E-state index contributed by atoms with van der Waals surface area (Å²) in [5.74, 6) is -0.194. The average molecular weight is 360 g/mol. The van der Waals surface area contributed by atoms with Crippen molar-refractivity contribution >= 4 is 45.0 Å². The number of carbonyl (C=O) groups is 2. The molecule has 1 heterocycles. The summed E-state index contributed by atoms with van der Waals surface area (Å²) in [5, 5.41) is 3.35. The summed E-state index contributed by atoms with van der Waals surface area (Å²) in [4.78, 5) is 25.8. The molecule has 1 fully saturated rings. The van der Waals surface area contributed by atoms with Crippen LogP contribution in [0.5, 0.6) is 0 Å². The van der Waals surface area contributed by atoms with Gasteiger partial charge in [0.15, 0.2) is 0 Å². The number of aryl methyl sites for hydroxylation is 1. The Morgan fingerprint density at radius 3 is 2.80 bits per heavy atom. The molecule has 1 atom stereocenters. The highest BCUT2D eigenvalue weighted by Gasteiger charge is 2.30. The fourth-order valence-corrected chi connectivity index (χ4v) is 3.03. The number of amides is 2. The monoisotopic (exact) mass is 358 g/mol. The Labute approximate surface area is 131 Å². The van der Waals surface area contributed by atoms with Crippen LogP contribution in [0.2, 0.25) is 5.02 Å². The Hall–Kier alpha value is -1.07. The summed E-state index contributed by atoms with van der Waals surface area (Å²) in [6.07, 6.45) is 0.860. The third kappa shape index (κ3) is 2.99. The molecular weight excluding hydrogens is 344 g/mol. The molecule has 1 saturated heterocycles. The number of rotatable bonds is 2. The van der Waals surface area contributed by atoms with Crippen LogP contribution >= 0.6 is 27.5 Å². The molecule has 0 saturated carbocycles. The number of nitrogens with zero attached hydrogens (tertiary/aromatic N) is 1. The van der Waals surface area contributed by atoms with Crippen molar-refractivity contribution in [2.24, 2.45) is 0 Å². The zero-order chi connectivity index (χ0) is 14.9. The minimum atomic E-state index is -0.475. The number of halogens is 2. The van der Waals surface area contributed by atoms with E-state index < -0.39 is 6.04 Å². The number of hydrogen-bond donors (Lipinski definition) is 1. The van der Waals surface area contributed by atoms with E-state index >= 15 is 0 Å². The second kappa shape index (κ2) is 6.14. The quantitative estimate of drug-likeness (QED) is 0.882. The van der Waals surface area contributed by atoms with Gasteiger partial charge in [0, 0.05) is 22.5 Å². The maximum atomic E-state index is 12.5. The van der Waals surface area contributed by atoms with Crippen molar-refractivity contribution in [3.8, 4) is 0 Å². The molecule has 6 heteroatoms. The molecule has 0 spiro atoms. The molecule has 2 rings (SSSR count). The van der Waals surface area contributed by atoms with E-state index in [4.69, 9.17) is 11.6 Å². The van der Waals surface area contributed by atoms with E-state index in [1.807, 2.05) is 19.9 Å². The van der Waals surface area contributed by atoms with E-state index in [0.717, 1.165) is 10.0 Å². The zero-order valence-electron chi connectivity index (χ0n) is 11.4. The summed E-state index contributed by atoms with van der Waals surface area (Å²) in [6.45, 7) is 4.14. The van der Waals surface area contributed by atoms with Crippen molar-refractivity contribution in [3.63, 3.8) is 0 Å². The van der Waals surface area contributed by atoms with Crippen molar-refractivity contribution in [3.05, 3.63) is 27.2 Å². The molecule has 0 radical (unpaired) electrons. The summed E-state index contributed by atoms with van der Waals surface area (Å²) >= 11 is 9.62. The first-order valence-corrected chi connectivity index (χ1v) is 7.67. The highest BCUT2D eigenvalue weighted by Crippen LogP contribution is 2.33. The summed E-state index contributed by atoms with van der Waals surface area (Å²) in [7, 11) is 0. The van der Waals surface area contributed by atoms with Gasteiger partial charge in [0.2, 0.25) is 11.8 Å². The van der Waals surface area contributed by atoms with Crippen molar-refractivity contribution in [2.75, 3.05) is 11.4 Å². The molecule has 4 nitrogen and oxygen atoms in total. The molecule has 1 aliphatic rings.